The van der Waals surface area contributed by atoms with E-state index in [-0.39, 0.29) is 5.75 Å². The molecule has 0 amide bonds. The predicted octanol–water partition coefficient (Wildman–Crippen LogP) is 4.60. The van der Waals surface area contributed by atoms with E-state index in [2.05, 4.69) is 20.7 Å². The average molecular weight is 361 g/mol. The highest BCUT2D eigenvalue weighted by Gasteiger charge is 2.32. The number of hydrogen-bond donors (Lipinski definition) is 1. The Morgan fingerprint density at radius 1 is 1.00 bits per heavy atom. The molecule has 1 unspecified atom stereocenters. The lowest BCUT2D eigenvalue weighted by atomic mass is 9.88. The van der Waals surface area contributed by atoms with Crippen LogP contribution in [0.2, 0.25) is 0 Å². The quantitative estimate of drug-likeness (QED) is 0.866. The molecule has 0 saturated carbocycles. The lowest BCUT2D eigenvalue weighted by molar-refractivity contribution is -0.274. The van der Waals surface area contributed by atoms with E-state index in [9.17, 15) is 18.3 Å². The Kier molecular flexibility index (Phi) is 4.30. The first-order chi connectivity index (χ1) is 9.68. The highest BCUT2D eigenvalue weighted by molar-refractivity contribution is 9.10. The van der Waals surface area contributed by atoms with E-state index in [1.54, 1.807) is 30.3 Å². The van der Waals surface area contributed by atoms with Crippen LogP contribution in [-0.2, 0) is 5.60 Å². The molecule has 0 heterocycles. The molecule has 2 aromatic rings. The summed E-state index contributed by atoms with van der Waals surface area (Å²) in [4.78, 5) is 0. The number of alkyl halides is 3. The van der Waals surface area contributed by atoms with Crippen LogP contribution >= 0.6 is 15.9 Å². The lowest BCUT2D eigenvalue weighted by Crippen LogP contribution is -2.23. The Balaban J connectivity index is 2.38. The van der Waals surface area contributed by atoms with Crippen molar-refractivity contribution in [2.24, 2.45) is 0 Å². The highest BCUT2D eigenvalue weighted by atomic mass is 79.9. The van der Waals surface area contributed by atoms with Crippen molar-refractivity contribution < 1.29 is 23.0 Å². The van der Waals surface area contributed by atoms with Gasteiger partial charge < -0.3 is 9.84 Å². The molecule has 0 radical (unpaired) electrons. The van der Waals surface area contributed by atoms with Gasteiger partial charge in [0.1, 0.15) is 11.4 Å². The van der Waals surface area contributed by atoms with Gasteiger partial charge in [0.2, 0.25) is 0 Å². The van der Waals surface area contributed by atoms with Gasteiger partial charge in [-0.3, -0.25) is 0 Å². The van der Waals surface area contributed by atoms with Crippen LogP contribution < -0.4 is 4.74 Å². The van der Waals surface area contributed by atoms with E-state index >= 15 is 0 Å². The maximum absolute atomic E-state index is 12.3. The van der Waals surface area contributed by atoms with Crippen LogP contribution in [0.25, 0.3) is 0 Å². The second-order valence-corrected chi connectivity index (χ2v) is 5.57. The first-order valence-corrected chi connectivity index (χ1v) is 6.82. The smallest absolute Gasteiger partial charge is 0.406 e. The van der Waals surface area contributed by atoms with E-state index in [0.29, 0.717) is 11.1 Å². The van der Waals surface area contributed by atoms with Crippen molar-refractivity contribution in [3.63, 3.8) is 0 Å². The Bertz CT molecular complexity index is 639. The summed E-state index contributed by atoms with van der Waals surface area (Å²) in [5, 5.41) is 10.6. The number of hydrogen-bond acceptors (Lipinski definition) is 2. The zero-order valence-electron chi connectivity index (χ0n) is 11.0. The molecule has 1 atom stereocenters. The van der Waals surface area contributed by atoms with Crippen LogP contribution in [0.4, 0.5) is 13.2 Å². The molecule has 21 heavy (non-hydrogen) atoms. The molecule has 6 heteroatoms. The van der Waals surface area contributed by atoms with Gasteiger partial charge in [-0.2, -0.15) is 0 Å². The summed E-state index contributed by atoms with van der Waals surface area (Å²) in [5.74, 6) is -0.365. The van der Waals surface area contributed by atoms with Crippen LogP contribution in [0.1, 0.15) is 18.1 Å². The molecule has 0 aliphatic heterocycles. The standard InChI is InChI=1S/C15H12BrF3O2/c1-14(20,10-4-2-6-12(16)8-10)11-5-3-7-13(9-11)21-15(17,18)19/h2-9,20H,1H3. The van der Waals surface area contributed by atoms with E-state index in [1.165, 1.54) is 25.1 Å². The minimum Gasteiger partial charge on any atom is -0.406 e. The fourth-order valence-corrected chi connectivity index (χ4v) is 2.35. The van der Waals surface area contributed by atoms with Gasteiger partial charge in [-0.05, 0) is 42.3 Å². The molecule has 0 spiro atoms. The zero-order chi connectivity index (χ0) is 15.7. The fraction of sp³-hybridized carbons (Fsp3) is 0.200. The van der Waals surface area contributed by atoms with Gasteiger partial charge in [-0.25, -0.2) is 0 Å². The van der Waals surface area contributed by atoms with Crippen LogP contribution in [-0.4, -0.2) is 11.5 Å². The second-order valence-electron chi connectivity index (χ2n) is 4.66. The first kappa shape index (κ1) is 15.9. The fourth-order valence-electron chi connectivity index (χ4n) is 1.95. The van der Waals surface area contributed by atoms with E-state index in [1.807, 2.05) is 0 Å². The van der Waals surface area contributed by atoms with Crippen molar-refractivity contribution in [2.75, 3.05) is 0 Å². The third-order valence-electron chi connectivity index (χ3n) is 3.02. The minimum atomic E-state index is -4.76. The number of benzene rings is 2. The predicted molar refractivity (Wildman–Crippen MR) is 75.9 cm³/mol. The van der Waals surface area contributed by atoms with Gasteiger partial charge in [0, 0.05) is 4.47 Å². The van der Waals surface area contributed by atoms with Crippen molar-refractivity contribution in [2.45, 2.75) is 18.9 Å². The number of ether oxygens (including phenoxy) is 1. The van der Waals surface area contributed by atoms with Gasteiger partial charge in [-0.15, -0.1) is 13.2 Å². The molecule has 0 aliphatic rings. The van der Waals surface area contributed by atoms with Gasteiger partial charge in [0.15, 0.2) is 0 Å². The van der Waals surface area contributed by atoms with Crippen LogP contribution in [0.3, 0.4) is 0 Å². The zero-order valence-corrected chi connectivity index (χ0v) is 12.6. The summed E-state index contributed by atoms with van der Waals surface area (Å²) in [5.41, 5.74) is -0.572. The molecule has 0 aliphatic carbocycles. The minimum absolute atomic E-state index is 0.308. The van der Waals surface area contributed by atoms with E-state index < -0.39 is 12.0 Å². The van der Waals surface area contributed by atoms with Gasteiger partial charge in [-0.1, -0.05) is 40.2 Å². The van der Waals surface area contributed by atoms with E-state index in [0.717, 1.165) is 4.47 Å². The third-order valence-corrected chi connectivity index (χ3v) is 3.51. The van der Waals surface area contributed by atoms with Crippen molar-refractivity contribution in [1.29, 1.82) is 0 Å². The molecule has 0 bridgehead atoms. The number of rotatable bonds is 3. The summed E-state index contributed by atoms with van der Waals surface area (Å²) in [6.45, 7) is 1.52. The van der Waals surface area contributed by atoms with Crippen LogP contribution in [0.5, 0.6) is 5.75 Å². The molecular weight excluding hydrogens is 349 g/mol. The first-order valence-electron chi connectivity index (χ1n) is 6.03. The topological polar surface area (TPSA) is 29.5 Å². The van der Waals surface area contributed by atoms with Gasteiger partial charge in [0.25, 0.3) is 0 Å². The third kappa shape index (κ3) is 3.98. The van der Waals surface area contributed by atoms with Crippen LogP contribution in [0, 0.1) is 0 Å². The second kappa shape index (κ2) is 5.69. The molecule has 2 nitrogen and oxygen atoms in total. The maximum Gasteiger partial charge on any atom is 0.573 e. The van der Waals surface area contributed by atoms with Crippen LogP contribution in [0.15, 0.2) is 53.0 Å². The summed E-state index contributed by atoms with van der Waals surface area (Å²) < 4.78 is 41.4. The Morgan fingerprint density at radius 3 is 2.14 bits per heavy atom. The van der Waals surface area contributed by atoms with Crippen molar-refractivity contribution >= 4 is 15.9 Å². The normalized spacial score (nSPS) is 14.6. The Labute approximate surface area is 128 Å². The molecule has 2 aromatic carbocycles. The lowest BCUT2D eigenvalue weighted by Gasteiger charge is -2.25. The highest BCUT2D eigenvalue weighted by Crippen LogP contribution is 2.33. The molecular formula is C15H12BrF3O2. The number of aliphatic hydroxyl groups is 1. The summed E-state index contributed by atoms with van der Waals surface area (Å²) in [7, 11) is 0. The van der Waals surface area contributed by atoms with Crippen molar-refractivity contribution in [1.82, 2.24) is 0 Å². The molecule has 0 saturated heterocycles. The molecule has 112 valence electrons. The molecule has 1 N–H and O–H groups in total. The number of halogens is 4. The molecule has 2 rings (SSSR count). The maximum atomic E-state index is 12.3. The summed E-state index contributed by atoms with van der Waals surface area (Å²) in [6.07, 6.45) is -4.76. The van der Waals surface area contributed by atoms with Gasteiger partial charge >= 0.3 is 6.36 Å². The molecule has 0 fully saturated rings. The van der Waals surface area contributed by atoms with Crippen molar-refractivity contribution in [3.05, 3.63) is 64.1 Å². The van der Waals surface area contributed by atoms with Gasteiger partial charge in [0.05, 0.1) is 0 Å². The largest absolute Gasteiger partial charge is 0.573 e. The average Bonchev–Trinajstić information content (AvgIpc) is 2.37. The monoisotopic (exact) mass is 360 g/mol. The SMILES string of the molecule is CC(O)(c1cccc(Br)c1)c1cccc(OC(F)(F)F)c1. The Morgan fingerprint density at radius 2 is 1.57 bits per heavy atom. The Hall–Kier alpha value is -1.53. The van der Waals surface area contributed by atoms with E-state index in [4.69, 9.17) is 0 Å². The summed E-state index contributed by atoms with van der Waals surface area (Å²) in [6, 6.07) is 12.3. The summed E-state index contributed by atoms with van der Waals surface area (Å²) >= 11 is 3.30. The molecule has 0 aromatic heterocycles. The van der Waals surface area contributed by atoms with Crippen molar-refractivity contribution in [3.8, 4) is 5.75 Å².